The molecule has 0 aliphatic carbocycles. The Balaban J connectivity index is 2.88. The Kier molecular flexibility index (Phi) is 1.85. The molecule has 1 aromatic rings. The molecular weight excluding hydrogens is 128 g/mol. The first-order chi connectivity index (χ1) is 4.74. The number of carbonyl (C=O) groups is 1. The molecule has 0 saturated carbocycles. The second-order valence-corrected chi connectivity index (χ2v) is 2.14. The van der Waals surface area contributed by atoms with E-state index < -0.39 is 0 Å². The molecule has 0 aliphatic rings. The van der Waals surface area contributed by atoms with Gasteiger partial charge in [0.25, 0.3) is 0 Å². The highest BCUT2D eigenvalue weighted by atomic mass is 16.1. The van der Waals surface area contributed by atoms with E-state index in [1.54, 1.807) is 17.1 Å². The minimum Gasteiger partial charge on any atom is -0.294 e. The minimum atomic E-state index is 0.0692. The topological polar surface area (TPSA) is 34.9 Å². The van der Waals surface area contributed by atoms with E-state index in [-0.39, 0.29) is 5.78 Å². The average Bonchev–Trinajstić information content (AvgIpc) is 2.34. The molecule has 0 aliphatic heterocycles. The van der Waals surface area contributed by atoms with E-state index in [9.17, 15) is 4.79 Å². The predicted octanol–water partition coefficient (Wildman–Crippen LogP) is 1.11. The largest absolute Gasteiger partial charge is 0.294 e. The monoisotopic (exact) mass is 138 g/mol. The number of aromatic nitrogens is 2. The second kappa shape index (κ2) is 2.64. The molecule has 3 nitrogen and oxygen atoms in total. The van der Waals surface area contributed by atoms with Crippen LogP contribution >= 0.6 is 0 Å². The molecule has 54 valence electrons. The molecule has 0 unspecified atom stereocenters. The van der Waals surface area contributed by atoms with E-state index in [1.165, 1.54) is 6.92 Å². The van der Waals surface area contributed by atoms with Crippen LogP contribution in [-0.4, -0.2) is 15.6 Å². The SMILES string of the molecule is CCn1cc(C(C)=O)cn1. The fourth-order valence-electron chi connectivity index (χ4n) is 0.718. The Morgan fingerprint density at radius 1 is 1.80 bits per heavy atom. The molecule has 0 aromatic carbocycles. The quantitative estimate of drug-likeness (QED) is 0.574. The molecule has 10 heavy (non-hydrogen) atoms. The number of carbonyl (C=O) groups excluding carboxylic acids is 1. The Bertz CT molecular complexity index is 240. The maximum Gasteiger partial charge on any atom is 0.162 e. The van der Waals surface area contributed by atoms with Crippen LogP contribution in [0.5, 0.6) is 0 Å². The van der Waals surface area contributed by atoms with Crippen LogP contribution in [0.1, 0.15) is 24.2 Å². The van der Waals surface area contributed by atoms with Gasteiger partial charge in [-0.25, -0.2) is 0 Å². The van der Waals surface area contributed by atoms with Crippen molar-refractivity contribution in [3.8, 4) is 0 Å². The number of aryl methyl sites for hydroxylation is 1. The van der Waals surface area contributed by atoms with E-state index in [0.717, 1.165) is 6.54 Å². The Morgan fingerprint density at radius 2 is 2.50 bits per heavy atom. The van der Waals surface area contributed by atoms with Crippen LogP contribution in [0.2, 0.25) is 0 Å². The van der Waals surface area contributed by atoms with Crippen molar-refractivity contribution in [3.05, 3.63) is 18.0 Å². The van der Waals surface area contributed by atoms with Crippen LogP contribution in [0.25, 0.3) is 0 Å². The third kappa shape index (κ3) is 1.23. The maximum atomic E-state index is 10.7. The summed E-state index contributed by atoms with van der Waals surface area (Å²) in [5.74, 6) is 0.0692. The van der Waals surface area contributed by atoms with Crippen molar-refractivity contribution in [1.82, 2.24) is 9.78 Å². The molecule has 0 fully saturated rings. The lowest BCUT2D eigenvalue weighted by Crippen LogP contribution is -1.93. The lowest BCUT2D eigenvalue weighted by Gasteiger charge is -1.89. The number of hydrogen-bond donors (Lipinski definition) is 0. The molecule has 1 heterocycles. The third-order valence-corrected chi connectivity index (χ3v) is 1.36. The minimum absolute atomic E-state index is 0.0692. The number of Topliss-reactive ketones (excluding diaryl/α,β-unsaturated/α-hetero) is 1. The van der Waals surface area contributed by atoms with Crippen LogP contribution in [-0.2, 0) is 6.54 Å². The zero-order chi connectivity index (χ0) is 7.56. The van der Waals surface area contributed by atoms with Crippen molar-refractivity contribution >= 4 is 5.78 Å². The maximum absolute atomic E-state index is 10.7. The van der Waals surface area contributed by atoms with E-state index in [1.807, 2.05) is 6.92 Å². The van der Waals surface area contributed by atoms with Crippen molar-refractivity contribution in [2.24, 2.45) is 0 Å². The summed E-state index contributed by atoms with van der Waals surface area (Å²) >= 11 is 0. The standard InChI is InChI=1S/C7H10N2O/c1-3-9-5-7(4-8-9)6(2)10/h4-5H,3H2,1-2H3. The molecule has 0 spiro atoms. The molecule has 0 radical (unpaired) electrons. The van der Waals surface area contributed by atoms with Crippen LogP contribution in [0.3, 0.4) is 0 Å². The Labute approximate surface area is 59.7 Å². The van der Waals surface area contributed by atoms with Crippen LogP contribution in [0.4, 0.5) is 0 Å². The summed E-state index contributed by atoms with van der Waals surface area (Å²) in [7, 11) is 0. The van der Waals surface area contributed by atoms with Gasteiger partial charge in [0.15, 0.2) is 5.78 Å². The molecule has 0 bridgehead atoms. The van der Waals surface area contributed by atoms with Crippen LogP contribution in [0, 0.1) is 0 Å². The van der Waals surface area contributed by atoms with Gasteiger partial charge in [-0.05, 0) is 13.8 Å². The molecule has 0 amide bonds. The number of nitrogens with zero attached hydrogens (tertiary/aromatic N) is 2. The third-order valence-electron chi connectivity index (χ3n) is 1.36. The fourth-order valence-corrected chi connectivity index (χ4v) is 0.718. The van der Waals surface area contributed by atoms with Gasteiger partial charge in [0.1, 0.15) is 0 Å². The first kappa shape index (κ1) is 6.99. The Hall–Kier alpha value is -1.12. The number of hydrogen-bond acceptors (Lipinski definition) is 2. The molecule has 0 saturated heterocycles. The second-order valence-electron chi connectivity index (χ2n) is 2.14. The lowest BCUT2D eigenvalue weighted by molar-refractivity contribution is 0.101. The fraction of sp³-hybridized carbons (Fsp3) is 0.429. The van der Waals surface area contributed by atoms with Crippen LogP contribution in [0.15, 0.2) is 12.4 Å². The first-order valence-corrected chi connectivity index (χ1v) is 3.27. The van der Waals surface area contributed by atoms with Gasteiger partial charge in [-0.15, -0.1) is 0 Å². The highest BCUT2D eigenvalue weighted by molar-refractivity contribution is 5.93. The van der Waals surface area contributed by atoms with Crippen molar-refractivity contribution in [3.63, 3.8) is 0 Å². The molecule has 0 N–H and O–H groups in total. The number of rotatable bonds is 2. The Morgan fingerprint density at radius 3 is 2.80 bits per heavy atom. The molecule has 3 heteroatoms. The first-order valence-electron chi connectivity index (χ1n) is 3.27. The van der Waals surface area contributed by atoms with Gasteiger partial charge in [-0.2, -0.15) is 5.10 Å². The molecule has 1 aromatic heterocycles. The van der Waals surface area contributed by atoms with E-state index in [2.05, 4.69) is 5.10 Å². The summed E-state index contributed by atoms with van der Waals surface area (Å²) in [6.07, 6.45) is 3.34. The van der Waals surface area contributed by atoms with Gasteiger partial charge in [0, 0.05) is 12.7 Å². The molecule has 0 atom stereocenters. The number of ketones is 1. The van der Waals surface area contributed by atoms with Gasteiger partial charge in [-0.1, -0.05) is 0 Å². The van der Waals surface area contributed by atoms with Gasteiger partial charge in [-0.3, -0.25) is 9.48 Å². The van der Waals surface area contributed by atoms with Gasteiger partial charge in [0.05, 0.1) is 11.8 Å². The smallest absolute Gasteiger partial charge is 0.162 e. The normalized spacial score (nSPS) is 9.80. The molecular formula is C7H10N2O. The summed E-state index contributed by atoms with van der Waals surface area (Å²) in [6.45, 7) is 4.33. The zero-order valence-corrected chi connectivity index (χ0v) is 6.16. The highest BCUT2D eigenvalue weighted by Crippen LogP contribution is 1.97. The van der Waals surface area contributed by atoms with E-state index in [4.69, 9.17) is 0 Å². The van der Waals surface area contributed by atoms with E-state index >= 15 is 0 Å². The summed E-state index contributed by atoms with van der Waals surface area (Å²) in [6, 6.07) is 0. The van der Waals surface area contributed by atoms with Crippen molar-refractivity contribution in [2.45, 2.75) is 20.4 Å². The zero-order valence-electron chi connectivity index (χ0n) is 6.16. The predicted molar refractivity (Wildman–Crippen MR) is 37.9 cm³/mol. The van der Waals surface area contributed by atoms with Crippen molar-refractivity contribution in [2.75, 3.05) is 0 Å². The molecule has 1 rings (SSSR count). The van der Waals surface area contributed by atoms with Crippen molar-refractivity contribution < 1.29 is 4.79 Å². The summed E-state index contributed by atoms with van der Waals surface area (Å²) in [5.41, 5.74) is 0.682. The van der Waals surface area contributed by atoms with E-state index in [0.29, 0.717) is 5.56 Å². The van der Waals surface area contributed by atoms with Crippen LogP contribution < -0.4 is 0 Å². The lowest BCUT2D eigenvalue weighted by atomic mass is 10.3. The summed E-state index contributed by atoms with van der Waals surface area (Å²) in [4.78, 5) is 10.7. The highest BCUT2D eigenvalue weighted by Gasteiger charge is 2.00. The summed E-state index contributed by atoms with van der Waals surface area (Å²) < 4.78 is 1.73. The van der Waals surface area contributed by atoms with Gasteiger partial charge >= 0.3 is 0 Å². The average molecular weight is 138 g/mol. The summed E-state index contributed by atoms with van der Waals surface area (Å²) in [5, 5.41) is 3.95. The van der Waals surface area contributed by atoms with Crippen molar-refractivity contribution in [1.29, 1.82) is 0 Å². The van der Waals surface area contributed by atoms with Gasteiger partial charge < -0.3 is 0 Å². The van der Waals surface area contributed by atoms with Gasteiger partial charge in [0.2, 0.25) is 0 Å².